The first-order valence-corrected chi connectivity index (χ1v) is 8.62. The van der Waals surface area contributed by atoms with Gasteiger partial charge in [-0.25, -0.2) is 4.90 Å². The van der Waals surface area contributed by atoms with Crippen LogP contribution in [0.4, 0.5) is 0 Å². The third kappa shape index (κ3) is 5.98. The van der Waals surface area contributed by atoms with Crippen molar-refractivity contribution in [3.8, 4) is 0 Å². The molecule has 1 aliphatic rings. The molecular weight excluding hydrogens is 332 g/mol. The average molecular weight is 359 g/mol. The predicted molar refractivity (Wildman–Crippen MR) is 78.8 cm³/mol. The molecule has 0 amide bonds. The highest BCUT2D eigenvalue weighted by molar-refractivity contribution is 8.77. The Morgan fingerprint density at radius 2 is 1.50 bits per heavy atom. The van der Waals surface area contributed by atoms with E-state index in [1.165, 1.54) is 6.54 Å². The first-order valence-electron chi connectivity index (χ1n) is 6.34. The van der Waals surface area contributed by atoms with E-state index in [0.29, 0.717) is 11.0 Å². The Morgan fingerprint density at radius 1 is 0.944 bits per heavy atom. The van der Waals surface area contributed by atoms with Gasteiger partial charge in [0.1, 0.15) is 0 Å². The Hall–Kier alpha value is 1.02. The van der Waals surface area contributed by atoms with E-state index in [1.807, 2.05) is 21.6 Å². The molecule has 0 radical (unpaired) electrons. The monoisotopic (exact) mass is 358 g/mol. The Balaban J connectivity index is 0.00000289. The number of rotatable bonds is 7. The second kappa shape index (κ2) is 9.85. The van der Waals surface area contributed by atoms with Gasteiger partial charge in [-0.2, -0.15) is 0 Å². The van der Waals surface area contributed by atoms with Gasteiger partial charge in [-0.15, -0.1) is 0 Å². The van der Waals surface area contributed by atoms with Gasteiger partial charge < -0.3 is 21.9 Å². The van der Waals surface area contributed by atoms with Crippen LogP contribution < -0.4 is 22.3 Å². The van der Waals surface area contributed by atoms with E-state index in [2.05, 4.69) is 55.0 Å². The van der Waals surface area contributed by atoms with Gasteiger partial charge in [-0.05, 0) is 55.8 Å². The summed E-state index contributed by atoms with van der Waals surface area (Å²) >= 11 is 0. The second-order valence-electron chi connectivity index (χ2n) is 4.64. The molecule has 1 rings (SSSR count). The van der Waals surface area contributed by atoms with Crippen molar-refractivity contribution in [3.05, 3.63) is 0 Å². The normalized spacial score (nSPS) is 24.0. The van der Waals surface area contributed by atoms with Crippen LogP contribution in [-0.2, 0) is 0 Å². The molecular formula is C11H27BrN4S2. The number of hydrogen-bond donors (Lipinski definition) is 1. The largest absolute Gasteiger partial charge is 1.00 e. The molecule has 1 saturated heterocycles. The lowest BCUT2D eigenvalue weighted by atomic mass is 10.4. The third-order valence-electron chi connectivity index (χ3n) is 3.19. The lowest BCUT2D eigenvalue weighted by Gasteiger charge is -2.25. The summed E-state index contributed by atoms with van der Waals surface area (Å²) in [4.78, 5) is 7.21. The average Bonchev–Trinajstić information content (AvgIpc) is 2.79. The molecule has 0 saturated carbocycles. The molecule has 2 unspecified atom stereocenters. The maximum absolute atomic E-state index is 2.48. The van der Waals surface area contributed by atoms with Crippen molar-refractivity contribution in [1.82, 2.24) is 14.7 Å². The summed E-state index contributed by atoms with van der Waals surface area (Å²) in [6.07, 6.45) is 0. The van der Waals surface area contributed by atoms with Crippen LogP contribution in [0.2, 0.25) is 0 Å². The number of nitrogens with two attached hydrogens (primary N) is 1. The predicted octanol–water partition coefficient (Wildman–Crippen LogP) is -2.65. The van der Waals surface area contributed by atoms with Crippen molar-refractivity contribution in [2.75, 3.05) is 47.3 Å². The van der Waals surface area contributed by atoms with Gasteiger partial charge in [-0.3, -0.25) is 10.2 Å². The van der Waals surface area contributed by atoms with Gasteiger partial charge in [-0.1, -0.05) is 13.8 Å². The molecule has 4 nitrogen and oxygen atoms in total. The maximum Gasteiger partial charge on any atom is 0.202 e. The molecule has 2 atom stereocenters. The van der Waals surface area contributed by atoms with Gasteiger partial charge in [0.05, 0.1) is 0 Å². The van der Waals surface area contributed by atoms with E-state index >= 15 is 0 Å². The van der Waals surface area contributed by atoms with Crippen molar-refractivity contribution >= 4 is 21.6 Å². The van der Waals surface area contributed by atoms with E-state index in [-0.39, 0.29) is 17.0 Å². The highest BCUT2D eigenvalue weighted by atomic mass is 79.9. The first-order chi connectivity index (χ1) is 8.08. The fourth-order valence-corrected chi connectivity index (χ4v) is 4.97. The van der Waals surface area contributed by atoms with E-state index in [9.17, 15) is 0 Å². The lowest BCUT2D eigenvalue weighted by Crippen LogP contribution is -3.00. The minimum atomic E-state index is 0. The molecule has 0 aromatic heterocycles. The number of halogens is 1. The van der Waals surface area contributed by atoms with Crippen LogP contribution in [-0.4, -0.2) is 73.0 Å². The zero-order valence-corrected chi connectivity index (χ0v) is 15.3. The molecule has 18 heavy (non-hydrogen) atoms. The zero-order valence-electron chi connectivity index (χ0n) is 12.1. The Bertz CT molecular complexity index is 217. The molecule has 0 aromatic rings. The summed E-state index contributed by atoms with van der Waals surface area (Å²) in [6.45, 7) is 9.10. The molecule has 2 N–H and O–H groups in total. The number of nitrogens with zero attached hydrogens (tertiary/aromatic N) is 3. The standard InChI is InChI=1S/C11H26N4S2.BrH/c1-6-15(7-2)9-8-14(5)11-12-10(13(3)4)16-17-11;/h10-12H,6-9H2,1-5H3;1H. The van der Waals surface area contributed by atoms with E-state index in [1.54, 1.807) is 0 Å². The summed E-state index contributed by atoms with van der Waals surface area (Å²) in [6, 6.07) is 0. The van der Waals surface area contributed by atoms with E-state index in [4.69, 9.17) is 0 Å². The zero-order chi connectivity index (χ0) is 12.8. The van der Waals surface area contributed by atoms with Crippen molar-refractivity contribution in [1.29, 1.82) is 0 Å². The summed E-state index contributed by atoms with van der Waals surface area (Å²) < 4.78 is 0. The van der Waals surface area contributed by atoms with Gasteiger partial charge >= 0.3 is 0 Å². The van der Waals surface area contributed by atoms with Crippen LogP contribution in [0.3, 0.4) is 0 Å². The Kier molecular flexibility index (Phi) is 10.4. The van der Waals surface area contributed by atoms with Gasteiger partial charge in [0.15, 0.2) is 0 Å². The second-order valence-corrected chi connectivity index (χ2v) is 7.14. The molecule has 1 fully saturated rings. The van der Waals surface area contributed by atoms with Crippen LogP contribution in [0.1, 0.15) is 13.8 Å². The smallest absolute Gasteiger partial charge is 0.202 e. The summed E-state index contributed by atoms with van der Waals surface area (Å²) in [7, 11) is 10.5. The molecule has 0 aliphatic carbocycles. The molecule has 0 spiro atoms. The van der Waals surface area contributed by atoms with Crippen LogP contribution in [0.15, 0.2) is 0 Å². The number of quaternary nitrogens is 1. The minimum Gasteiger partial charge on any atom is -1.00 e. The van der Waals surface area contributed by atoms with Crippen molar-refractivity contribution in [2.45, 2.75) is 24.8 Å². The molecule has 0 bridgehead atoms. The third-order valence-corrected chi connectivity index (χ3v) is 6.31. The minimum absolute atomic E-state index is 0. The SMILES string of the molecule is CCN(CC)CCN(C)C1[NH2+]C(N(C)C)SS1.[Br-]. The van der Waals surface area contributed by atoms with Crippen LogP contribution in [0, 0.1) is 0 Å². The van der Waals surface area contributed by atoms with Crippen molar-refractivity contribution in [3.63, 3.8) is 0 Å². The number of hydrogen-bond acceptors (Lipinski definition) is 5. The maximum atomic E-state index is 2.48. The summed E-state index contributed by atoms with van der Waals surface area (Å²) in [5.41, 5.74) is 1.11. The Labute approximate surface area is 130 Å². The summed E-state index contributed by atoms with van der Waals surface area (Å²) in [5, 5.41) is 2.44. The van der Waals surface area contributed by atoms with Crippen LogP contribution >= 0.6 is 21.6 Å². The Morgan fingerprint density at radius 3 is 1.94 bits per heavy atom. The number of likely N-dealkylation sites (N-methyl/N-ethyl adjacent to an activating group) is 2. The summed E-state index contributed by atoms with van der Waals surface area (Å²) in [5.74, 6) is 0. The van der Waals surface area contributed by atoms with Crippen molar-refractivity contribution < 1.29 is 22.3 Å². The van der Waals surface area contributed by atoms with Crippen LogP contribution in [0.5, 0.6) is 0 Å². The molecule has 1 heterocycles. The van der Waals surface area contributed by atoms with Gasteiger partial charge in [0.2, 0.25) is 11.0 Å². The van der Waals surface area contributed by atoms with Crippen LogP contribution in [0.25, 0.3) is 0 Å². The molecule has 7 heteroatoms. The highest BCUT2D eigenvalue weighted by Gasteiger charge is 2.33. The fraction of sp³-hybridized carbons (Fsp3) is 1.00. The topological polar surface area (TPSA) is 26.3 Å². The quantitative estimate of drug-likeness (QED) is 0.501. The van der Waals surface area contributed by atoms with Gasteiger partial charge in [0, 0.05) is 13.1 Å². The molecule has 0 aromatic carbocycles. The first kappa shape index (κ1) is 19.0. The lowest BCUT2D eigenvalue weighted by molar-refractivity contribution is -0.708. The highest BCUT2D eigenvalue weighted by Crippen LogP contribution is 2.32. The fourth-order valence-electron chi connectivity index (χ4n) is 1.76. The van der Waals surface area contributed by atoms with Gasteiger partial charge in [0.25, 0.3) is 0 Å². The van der Waals surface area contributed by atoms with E-state index < -0.39 is 0 Å². The van der Waals surface area contributed by atoms with Crippen molar-refractivity contribution in [2.24, 2.45) is 0 Å². The molecule has 1 aliphatic heterocycles. The molecule has 110 valence electrons. The van der Waals surface area contributed by atoms with E-state index in [0.717, 1.165) is 19.6 Å².